The van der Waals surface area contributed by atoms with Crippen LogP contribution < -0.4 is 10.6 Å². The summed E-state index contributed by atoms with van der Waals surface area (Å²) in [6.07, 6.45) is 0.758. The fraction of sp³-hybridized carbons (Fsp3) is 0.833. The first-order valence-electron chi connectivity index (χ1n) is 9.16. The number of carbonyl (C=O) groups is 3. The van der Waals surface area contributed by atoms with Crippen LogP contribution >= 0.6 is 0 Å². The molecule has 0 aliphatic heterocycles. The fourth-order valence-electron chi connectivity index (χ4n) is 2.15. The lowest BCUT2D eigenvalue weighted by Gasteiger charge is -2.22. The van der Waals surface area contributed by atoms with Crippen molar-refractivity contribution in [3.63, 3.8) is 0 Å². The Morgan fingerprint density at radius 2 is 1.65 bits per heavy atom. The third kappa shape index (κ3) is 12.7. The lowest BCUT2D eigenvalue weighted by molar-refractivity contribution is -0.153. The number of esters is 1. The lowest BCUT2D eigenvalue weighted by Crippen LogP contribution is -2.45. The molecule has 0 saturated heterocycles. The van der Waals surface area contributed by atoms with E-state index in [9.17, 15) is 14.4 Å². The van der Waals surface area contributed by atoms with Gasteiger partial charge in [-0.05, 0) is 32.6 Å². The van der Waals surface area contributed by atoms with Crippen molar-refractivity contribution in [2.75, 3.05) is 33.5 Å². The van der Waals surface area contributed by atoms with Gasteiger partial charge in [0.05, 0.1) is 19.3 Å². The zero-order valence-electron chi connectivity index (χ0n) is 16.6. The second-order valence-corrected chi connectivity index (χ2v) is 6.46. The van der Waals surface area contributed by atoms with E-state index in [0.29, 0.717) is 32.7 Å². The normalized spacial score (nSPS) is 13.2. The molecule has 0 bridgehead atoms. The van der Waals surface area contributed by atoms with Crippen LogP contribution in [-0.2, 0) is 28.6 Å². The molecule has 0 saturated carbocycles. The van der Waals surface area contributed by atoms with Crippen LogP contribution in [0.3, 0.4) is 0 Å². The van der Waals surface area contributed by atoms with Gasteiger partial charge in [-0.2, -0.15) is 0 Å². The Morgan fingerprint density at radius 3 is 2.23 bits per heavy atom. The summed E-state index contributed by atoms with van der Waals surface area (Å²) >= 11 is 0. The van der Waals surface area contributed by atoms with Gasteiger partial charge in [-0.25, -0.2) is 4.79 Å². The number of hydrogen-bond acceptors (Lipinski definition) is 6. The van der Waals surface area contributed by atoms with Crippen molar-refractivity contribution in [3.05, 3.63) is 0 Å². The van der Waals surface area contributed by atoms with E-state index in [0.717, 1.165) is 0 Å². The van der Waals surface area contributed by atoms with Gasteiger partial charge in [0.15, 0.2) is 0 Å². The minimum Gasteiger partial charge on any atom is -0.461 e. The topological polar surface area (TPSA) is 103 Å². The van der Waals surface area contributed by atoms with Gasteiger partial charge in [0, 0.05) is 20.1 Å². The molecule has 0 heterocycles. The van der Waals surface area contributed by atoms with E-state index in [1.807, 2.05) is 20.8 Å². The van der Waals surface area contributed by atoms with E-state index in [-0.39, 0.29) is 30.8 Å². The first kappa shape index (κ1) is 24.3. The van der Waals surface area contributed by atoms with Crippen LogP contribution in [-0.4, -0.2) is 63.4 Å². The molecule has 0 spiro atoms. The maximum atomic E-state index is 12.4. The molecular weight excluding hydrogens is 340 g/mol. The minimum absolute atomic E-state index is 0.107. The van der Waals surface area contributed by atoms with Crippen LogP contribution in [0.5, 0.6) is 0 Å². The third-order valence-electron chi connectivity index (χ3n) is 3.51. The average Bonchev–Trinajstić information content (AvgIpc) is 2.58. The summed E-state index contributed by atoms with van der Waals surface area (Å²) in [5, 5.41) is 5.18. The van der Waals surface area contributed by atoms with E-state index in [1.165, 1.54) is 0 Å². The highest BCUT2D eigenvalue weighted by atomic mass is 16.5. The summed E-state index contributed by atoms with van der Waals surface area (Å²) in [6, 6.07) is -0.736. The molecule has 152 valence electrons. The highest BCUT2D eigenvalue weighted by Gasteiger charge is 2.25. The number of rotatable bonds is 14. The summed E-state index contributed by atoms with van der Waals surface area (Å²) in [5.74, 6) is -0.773. The fourth-order valence-corrected chi connectivity index (χ4v) is 2.15. The average molecular weight is 374 g/mol. The van der Waals surface area contributed by atoms with E-state index < -0.39 is 18.1 Å². The summed E-state index contributed by atoms with van der Waals surface area (Å²) in [7, 11) is 1.56. The minimum atomic E-state index is -0.736. The van der Waals surface area contributed by atoms with Gasteiger partial charge in [-0.3, -0.25) is 9.59 Å². The first-order chi connectivity index (χ1) is 12.3. The Hall–Kier alpha value is -1.67. The van der Waals surface area contributed by atoms with Crippen LogP contribution in [0.1, 0.15) is 47.0 Å². The van der Waals surface area contributed by atoms with Crippen molar-refractivity contribution in [1.82, 2.24) is 10.6 Å². The van der Waals surface area contributed by atoms with Crippen molar-refractivity contribution in [3.8, 4) is 0 Å². The van der Waals surface area contributed by atoms with Gasteiger partial charge >= 0.3 is 5.97 Å². The van der Waals surface area contributed by atoms with Crippen molar-refractivity contribution in [2.24, 2.45) is 5.92 Å². The largest absolute Gasteiger partial charge is 0.461 e. The molecule has 0 aromatic carbocycles. The van der Waals surface area contributed by atoms with Gasteiger partial charge in [0.25, 0.3) is 0 Å². The van der Waals surface area contributed by atoms with Crippen LogP contribution in [0.4, 0.5) is 0 Å². The number of ether oxygens (including phenoxy) is 3. The SMILES string of the molecule is CCOCCOCC(=O)N[C@@H](CC(C)C)C(=O)O[C@@H](C)CCC(=O)NC. The summed E-state index contributed by atoms with van der Waals surface area (Å²) in [6.45, 7) is 8.72. The Labute approximate surface area is 156 Å². The van der Waals surface area contributed by atoms with E-state index in [1.54, 1.807) is 14.0 Å². The van der Waals surface area contributed by atoms with Gasteiger partial charge < -0.3 is 24.8 Å². The van der Waals surface area contributed by atoms with Gasteiger partial charge in [-0.1, -0.05) is 13.8 Å². The molecule has 2 amide bonds. The number of carbonyl (C=O) groups excluding carboxylic acids is 3. The van der Waals surface area contributed by atoms with Gasteiger partial charge in [0.2, 0.25) is 11.8 Å². The zero-order valence-corrected chi connectivity index (χ0v) is 16.6. The van der Waals surface area contributed by atoms with E-state index in [4.69, 9.17) is 14.2 Å². The van der Waals surface area contributed by atoms with Crippen molar-refractivity contribution < 1.29 is 28.6 Å². The summed E-state index contributed by atoms with van der Waals surface area (Å²) in [5.41, 5.74) is 0. The molecule has 0 rings (SSSR count). The maximum absolute atomic E-state index is 12.4. The molecule has 2 atom stereocenters. The smallest absolute Gasteiger partial charge is 0.328 e. The lowest BCUT2D eigenvalue weighted by atomic mass is 10.0. The molecule has 0 aliphatic carbocycles. The van der Waals surface area contributed by atoms with Crippen LogP contribution in [0.25, 0.3) is 0 Å². The molecule has 0 radical (unpaired) electrons. The predicted molar refractivity (Wildman–Crippen MR) is 97.6 cm³/mol. The predicted octanol–water partition coefficient (Wildman–Crippen LogP) is 1.03. The number of nitrogens with one attached hydrogen (secondary N) is 2. The molecule has 0 fully saturated rings. The Morgan fingerprint density at radius 1 is 1.00 bits per heavy atom. The summed E-state index contributed by atoms with van der Waals surface area (Å²) < 4.78 is 15.7. The third-order valence-corrected chi connectivity index (χ3v) is 3.51. The van der Waals surface area contributed by atoms with Crippen LogP contribution in [0.2, 0.25) is 0 Å². The Bertz CT molecular complexity index is 428. The van der Waals surface area contributed by atoms with Crippen molar-refractivity contribution in [1.29, 1.82) is 0 Å². The van der Waals surface area contributed by atoms with Gasteiger partial charge in [0.1, 0.15) is 12.6 Å². The molecule has 0 aliphatic rings. The van der Waals surface area contributed by atoms with E-state index in [2.05, 4.69) is 10.6 Å². The molecule has 26 heavy (non-hydrogen) atoms. The van der Waals surface area contributed by atoms with Crippen molar-refractivity contribution >= 4 is 17.8 Å². The molecule has 8 heteroatoms. The molecule has 8 nitrogen and oxygen atoms in total. The maximum Gasteiger partial charge on any atom is 0.328 e. The molecular formula is C18H34N2O6. The molecule has 0 aromatic heterocycles. The van der Waals surface area contributed by atoms with Crippen LogP contribution in [0.15, 0.2) is 0 Å². The standard InChI is InChI=1S/C18H34N2O6/c1-6-24-9-10-25-12-17(22)20-15(11-13(2)3)18(23)26-14(4)7-8-16(21)19-5/h13-15H,6-12H2,1-5H3,(H,19,21)(H,20,22)/t14-,15-/m0/s1. The quantitative estimate of drug-likeness (QED) is 0.348. The zero-order chi connectivity index (χ0) is 19.9. The number of hydrogen-bond donors (Lipinski definition) is 2. The molecule has 0 unspecified atom stereocenters. The molecule has 0 aromatic rings. The first-order valence-corrected chi connectivity index (χ1v) is 9.16. The van der Waals surface area contributed by atoms with E-state index >= 15 is 0 Å². The highest BCUT2D eigenvalue weighted by Crippen LogP contribution is 2.10. The Balaban J connectivity index is 4.41. The monoisotopic (exact) mass is 374 g/mol. The Kier molecular flexibility index (Phi) is 13.6. The second-order valence-electron chi connectivity index (χ2n) is 6.46. The van der Waals surface area contributed by atoms with Crippen LogP contribution in [0, 0.1) is 5.92 Å². The highest BCUT2D eigenvalue weighted by molar-refractivity contribution is 5.85. The van der Waals surface area contributed by atoms with Crippen molar-refractivity contribution in [2.45, 2.75) is 59.1 Å². The van der Waals surface area contributed by atoms with Gasteiger partial charge in [-0.15, -0.1) is 0 Å². The summed E-state index contributed by atoms with van der Waals surface area (Å²) in [4.78, 5) is 35.6. The molecule has 2 N–H and O–H groups in total. The second kappa shape index (κ2) is 14.5. The number of amides is 2.